The summed E-state index contributed by atoms with van der Waals surface area (Å²) in [6.07, 6.45) is 3.38. The van der Waals surface area contributed by atoms with E-state index in [0.717, 1.165) is 44.9 Å². The number of aromatic nitrogens is 2. The molecule has 106 valence electrons. The van der Waals surface area contributed by atoms with E-state index in [9.17, 15) is 0 Å². The number of nitrogens with one attached hydrogen (secondary N) is 1. The standard InChI is InChI=1S/C15H20N4O/c1-2-4-13(5-3-1)10-14-11-19(9-7-16-14)8-6-15-17-12-18-20-15/h1-5,12,14,16H,6-11H2. The van der Waals surface area contributed by atoms with Gasteiger partial charge in [0.25, 0.3) is 0 Å². The topological polar surface area (TPSA) is 54.2 Å². The zero-order chi connectivity index (χ0) is 13.6. The second-order valence-corrected chi connectivity index (χ2v) is 5.23. The highest BCUT2D eigenvalue weighted by molar-refractivity contribution is 5.16. The van der Waals surface area contributed by atoms with Crippen LogP contribution in [0, 0.1) is 0 Å². The highest BCUT2D eigenvalue weighted by Crippen LogP contribution is 2.08. The fourth-order valence-corrected chi connectivity index (χ4v) is 2.69. The van der Waals surface area contributed by atoms with Gasteiger partial charge in [0.05, 0.1) is 0 Å². The predicted octanol–water partition coefficient (Wildman–Crippen LogP) is 1.13. The molecule has 0 radical (unpaired) electrons. The van der Waals surface area contributed by atoms with Gasteiger partial charge >= 0.3 is 0 Å². The summed E-state index contributed by atoms with van der Waals surface area (Å²) in [5.74, 6) is 0.725. The maximum atomic E-state index is 5.04. The summed E-state index contributed by atoms with van der Waals surface area (Å²) in [7, 11) is 0. The molecule has 0 spiro atoms. The Balaban J connectivity index is 1.49. The lowest BCUT2D eigenvalue weighted by Crippen LogP contribution is -2.51. The molecule has 1 fully saturated rings. The molecule has 2 heterocycles. The summed E-state index contributed by atoms with van der Waals surface area (Å²) in [6.45, 7) is 4.18. The third-order valence-electron chi connectivity index (χ3n) is 3.71. The van der Waals surface area contributed by atoms with Crippen molar-refractivity contribution in [2.24, 2.45) is 0 Å². The number of rotatable bonds is 5. The molecule has 1 atom stereocenters. The fourth-order valence-electron chi connectivity index (χ4n) is 2.69. The molecule has 1 aliphatic heterocycles. The Hall–Kier alpha value is -1.72. The smallest absolute Gasteiger partial charge is 0.227 e. The second kappa shape index (κ2) is 6.63. The minimum Gasteiger partial charge on any atom is -0.340 e. The van der Waals surface area contributed by atoms with Gasteiger partial charge in [0, 0.05) is 38.6 Å². The van der Waals surface area contributed by atoms with Crippen LogP contribution in [0.1, 0.15) is 11.5 Å². The van der Waals surface area contributed by atoms with Gasteiger partial charge in [-0.3, -0.25) is 0 Å². The van der Waals surface area contributed by atoms with Crippen molar-refractivity contribution in [2.45, 2.75) is 18.9 Å². The van der Waals surface area contributed by atoms with E-state index < -0.39 is 0 Å². The minimum absolute atomic E-state index is 0.522. The van der Waals surface area contributed by atoms with Crippen molar-refractivity contribution in [2.75, 3.05) is 26.2 Å². The molecular weight excluding hydrogens is 252 g/mol. The van der Waals surface area contributed by atoms with E-state index in [-0.39, 0.29) is 0 Å². The van der Waals surface area contributed by atoms with E-state index in [1.54, 1.807) is 0 Å². The molecule has 20 heavy (non-hydrogen) atoms. The van der Waals surface area contributed by atoms with Gasteiger partial charge in [0.1, 0.15) is 0 Å². The zero-order valence-electron chi connectivity index (χ0n) is 11.5. The molecule has 5 heteroatoms. The summed E-state index contributed by atoms with van der Waals surface area (Å²) >= 11 is 0. The highest BCUT2D eigenvalue weighted by atomic mass is 16.5. The van der Waals surface area contributed by atoms with Crippen molar-refractivity contribution >= 4 is 0 Å². The van der Waals surface area contributed by atoms with Crippen LogP contribution < -0.4 is 5.32 Å². The van der Waals surface area contributed by atoms with Gasteiger partial charge < -0.3 is 14.7 Å². The van der Waals surface area contributed by atoms with Crippen molar-refractivity contribution in [3.8, 4) is 0 Å². The first-order chi connectivity index (χ1) is 9.90. The summed E-state index contributed by atoms with van der Waals surface area (Å²) in [4.78, 5) is 6.53. The summed E-state index contributed by atoms with van der Waals surface area (Å²) in [5, 5.41) is 7.24. The van der Waals surface area contributed by atoms with Crippen molar-refractivity contribution in [3.63, 3.8) is 0 Å². The average molecular weight is 272 g/mol. The van der Waals surface area contributed by atoms with Gasteiger partial charge in [-0.05, 0) is 12.0 Å². The van der Waals surface area contributed by atoms with Crippen molar-refractivity contribution in [3.05, 3.63) is 48.1 Å². The Kier molecular flexibility index (Phi) is 4.40. The Labute approximate surface area is 119 Å². The Morgan fingerprint density at radius 2 is 2.20 bits per heavy atom. The van der Waals surface area contributed by atoms with Gasteiger partial charge in [0.2, 0.25) is 5.89 Å². The van der Waals surface area contributed by atoms with E-state index in [0.29, 0.717) is 6.04 Å². The maximum Gasteiger partial charge on any atom is 0.227 e. The monoisotopic (exact) mass is 272 g/mol. The second-order valence-electron chi connectivity index (χ2n) is 5.23. The van der Waals surface area contributed by atoms with Gasteiger partial charge in [-0.25, -0.2) is 0 Å². The Morgan fingerprint density at radius 1 is 1.30 bits per heavy atom. The minimum atomic E-state index is 0.522. The molecular formula is C15H20N4O. The molecule has 1 aromatic heterocycles. The van der Waals surface area contributed by atoms with Crippen LogP contribution >= 0.6 is 0 Å². The third kappa shape index (κ3) is 3.65. The number of nitrogens with zero attached hydrogens (tertiary/aromatic N) is 3. The van der Waals surface area contributed by atoms with Crippen LogP contribution in [0.15, 0.2) is 41.2 Å². The van der Waals surface area contributed by atoms with Gasteiger partial charge in [0.15, 0.2) is 6.33 Å². The van der Waals surface area contributed by atoms with Gasteiger partial charge in [-0.1, -0.05) is 35.5 Å². The quantitative estimate of drug-likeness (QED) is 0.884. The van der Waals surface area contributed by atoms with E-state index in [2.05, 4.69) is 50.7 Å². The highest BCUT2D eigenvalue weighted by Gasteiger charge is 2.19. The molecule has 1 aromatic carbocycles. The van der Waals surface area contributed by atoms with E-state index in [1.807, 2.05) is 0 Å². The number of hydrogen-bond acceptors (Lipinski definition) is 5. The summed E-state index contributed by atoms with van der Waals surface area (Å²) in [6, 6.07) is 11.2. The average Bonchev–Trinajstić information content (AvgIpc) is 3.00. The molecule has 0 saturated carbocycles. The van der Waals surface area contributed by atoms with E-state index in [1.165, 1.54) is 11.9 Å². The lowest BCUT2D eigenvalue weighted by atomic mass is 10.0. The largest absolute Gasteiger partial charge is 0.340 e. The van der Waals surface area contributed by atoms with Crippen LogP contribution in [-0.4, -0.2) is 47.3 Å². The van der Waals surface area contributed by atoms with Crippen LogP contribution in [0.4, 0.5) is 0 Å². The van der Waals surface area contributed by atoms with Gasteiger partial charge in [-0.2, -0.15) is 4.98 Å². The van der Waals surface area contributed by atoms with E-state index in [4.69, 9.17) is 4.52 Å². The fraction of sp³-hybridized carbons (Fsp3) is 0.467. The van der Waals surface area contributed by atoms with Crippen LogP contribution in [0.2, 0.25) is 0 Å². The van der Waals surface area contributed by atoms with E-state index >= 15 is 0 Å². The zero-order valence-corrected chi connectivity index (χ0v) is 11.5. The number of hydrogen-bond donors (Lipinski definition) is 1. The Morgan fingerprint density at radius 3 is 3.00 bits per heavy atom. The van der Waals surface area contributed by atoms with Crippen molar-refractivity contribution < 1.29 is 4.52 Å². The van der Waals surface area contributed by atoms with Crippen LogP contribution in [0.5, 0.6) is 0 Å². The number of benzene rings is 1. The lowest BCUT2D eigenvalue weighted by molar-refractivity contribution is 0.195. The number of piperazine rings is 1. The van der Waals surface area contributed by atoms with Crippen molar-refractivity contribution in [1.82, 2.24) is 20.4 Å². The van der Waals surface area contributed by atoms with Crippen molar-refractivity contribution in [1.29, 1.82) is 0 Å². The predicted molar refractivity (Wildman–Crippen MR) is 76.4 cm³/mol. The first-order valence-electron chi connectivity index (χ1n) is 7.15. The first kappa shape index (κ1) is 13.3. The maximum absolute atomic E-state index is 5.04. The Bertz CT molecular complexity index is 500. The molecule has 0 amide bonds. The van der Waals surface area contributed by atoms with Gasteiger partial charge in [-0.15, -0.1) is 0 Å². The summed E-state index contributed by atoms with van der Waals surface area (Å²) < 4.78 is 5.04. The molecule has 1 N–H and O–H groups in total. The molecule has 1 aliphatic rings. The lowest BCUT2D eigenvalue weighted by Gasteiger charge is -2.33. The molecule has 1 saturated heterocycles. The molecule has 5 nitrogen and oxygen atoms in total. The molecule has 3 rings (SSSR count). The normalized spacial score (nSPS) is 20.1. The molecule has 1 unspecified atom stereocenters. The SMILES string of the molecule is c1ccc(CC2CN(CCc3ncno3)CCN2)cc1. The molecule has 2 aromatic rings. The third-order valence-corrected chi connectivity index (χ3v) is 3.71. The summed E-state index contributed by atoms with van der Waals surface area (Å²) in [5.41, 5.74) is 1.39. The molecule has 0 bridgehead atoms. The van der Waals surface area contributed by atoms with Crippen LogP contribution in [0.3, 0.4) is 0 Å². The molecule has 0 aliphatic carbocycles. The van der Waals surface area contributed by atoms with Crippen LogP contribution in [-0.2, 0) is 12.8 Å². The first-order valence-corrected chi connectivity index (χ1v) is 7.15. The van der Waals surface area contributed by atoms with Crippen LogP contribution in [0.25, 0.3) is 0 Å².